The molecule has 1 amide bonds. The van der Waals surface area contributed by atoms with Gasteiger partial charge in [-0.2, -0.15) is 5.01 Å². The van der Waals surface area contributed by atoms with Crippen molar-refractivity contribution >= 4 is 27.7 Å². The van der Waals surface area contributed by atoms with Gasteiger partial charge in [0.1, 0.15) is 11.5 Å². The zero-order valence-corrected chi connectivity index (χ0v) is 15.4. The Morgan fingerprint density at radius 2 is 1.80 bits per heavy atom. The van der Waals surface area contributed by atoms with Gasteiger partial charge in [-0.05, 0) is 48.5 Å². The number of carbonyl (C=O) groups excluding carboxylic acids is 1. The maximum absolute atomic E-state index is 11.9. The minimum atomic E-state index is -0.605. The van der Waals surface area contributed by atoms with E-state index in [9.17, 15) is 4.79 Å². The molecule has 0 aromatic heterocycles. The molecule has 0 radical (unpaired) electrons. The van der Waals surface area contributed by atoms with Crippen LogP contribution in [0.3, 0.4) is 0 Å². The van der Waals surface area contributed by atoms with Gasteiger partial charge in [0.2, 0.25) is 18.0 Å². The Balaban J connectivity index is 1.70. The summed E-state index contributed by atoms with van der Waals surface area (Å²) in [5.41, 5.74) is 0.804. The van der Waals surface area contributed by atoms with Crippen molar-refractivity contribution in [2.75, 3.05) is 13.7 Å². The molecule has 0 N–H and O–H groups in total. The number of carbonyl (C=O) groups is 1. The molecule has 2 aromatic rings. The molecule has 1 heterocycles. The molecule has 0 saturated heterocycles. The topological polar surface area (TPSA) is 60.4 Å². The van der Waals surface area contributed by atoms with Crippen molar-refractivity contribution < 1.29 is 19.0 Å². The molecule has 0 fully saturated rings. The van der Waals surface area contributed by atoms with E-state index in [1.165, 1.54) is 11.9 Å². The van der Waals surface area contributed by atoms with Gasteiger partial charge in [-0.15, -0.1) is 5.10 Å². The molecule has 1 atom stereocenters. The van der Waals surface area contributed by atoms with Crippen molar-refractivity contribution in [1.29, 1.82) is 0 Å². The van der Waals surface area contributed by atoms with Crippen LogP contribution in [0, 0.1) is 0 Å². The second kappa shape index (κ2) is 7.57. The number of hydrogen-bond donors (Lipinski definition) is 0. The molecule has 6 nitrogen and oxygen atoms in total. The average molecular weight is 405 g/mol. The standard InChI is InChI=1S/C18H17BrN2O4/c1-12(22)21-18(13-3-7-15(23-2)8-4-13)25-17(20-21)11-24-16-9-5-14(19)6-10-16/h3-10,18H,11H2,1-2H3/t18-/m0/s1. The van der Waals surface area contributed by atoms with Crippen molar-refractivity contribution in [3.8, 4) is 11.5 Å². The van der Waals surface area contributed by atoms with Gasteiger partial charge in [-0.1, -0.05) is 15.9 Å². The Labute approximate surface area is 154 Å². The maximum Gasteiger partial charge on any atom is 0.247 e. The van der Waals surface area contributed by atoms with Crippen molar-refractivity contribution in [2.45, 2.75) is 13.2 Å². The minimum Gasteiger partial charge on any atom is -0.497 e. The van der Waals surface area contributed by atoms with Gasteiger partial charge in [0.25, 0.3) is 0 Å². The van der Waals surface area contributed by atoms with E-state index in [0.717, 1.165) is 15.8 Å². The quantitative estimate of drug-likeness (QED) is 0.761. The van der Waals surface area contributed by atoms with Crippen LogP contribution in [-0.2, 0) is 9.53 Å². The number of amides is 1. The highest BCUT2D eigenvalue weighted by Crippen LogP contribution is 2.29. The number of ether oxygens (including phenoxy) is 3. The Morgan fingerprint density at radius 1 is 1.16 bits per heavy atom. The Morgan fingerprint density at radius 3 is 2.40 bits per heavy atom. The first-order valence-corrected chi connectivity index (χ1v) is 8.42. The van der Waals surface area contributed by atoms with Gasteiger partial charge in [0.15, 0.2) is 6.61 Å². The first-order chi connectivity index (χ1) is 12.1. The van der Waals surface area contributed by atoms with Crippen LogP contribution in [0.4, 0.5) is 0 Å². The Kier molecular flexibility index (Phi) is 5.23. The first-order valence-electron chi connectivity index (χ1n) is 7.63. The van der Waals surface area contributed by atoms with E-state index in [4.69, 9.17) is 14.2 Å². The molecule has 0 unspecified atom stereocenters. The highest BCUT2D eigenvalue weighted by Gasteiger charge is 2.32. The molecule has 25 heavy (non-hydrogen) atoms. The lowest BCUT2D eigenvalue weighted by molar-refractivity contribution is -0.135. The van der Waals surface area contributed by atoms with Crippen LogP contribution in [0.25, 0.3) is 0 Å². The molecular weight excluding hydrogens is 388 g/mol. The summed E-state index contributed by atoms with van der Waals surface area (Å²) in [6, 6.07) is 14.7. The van der Waals surface area contributed by atoms with Crippen molar-refractivity contribution in [2.24, 2.45) is 5.10 Å². The van der Waals surface area contributed by atoms with E-state index >= 15 is 0 Å². The van der Waals surface area contributed by atoms with Crippen molar-refractivity contribution in [3.63, 3.8) is 0 Å². The molecule has 130 valence electrons. The summed E-state index contributed by atoms with van der Waals surface area (Å²) in [5.74, 6) is 1.56. The van der Waals surface area contributed by atoms with Crippen molar-refractivity contribution in [3.05, 3.63) is 58.6 Å². The van der Waals surface area contributed by atoms with Crippen LogP contribution in [0.1, 0.15) is 18.7 Å². The summed E-state index contributed by atoms with van der Waals surface area (Å²) in [6.07, 6.45) is -0.605. The summed E-state index contributed by atoms with van der Waals surface area (Å²) in [4.78, 5) is 11.9. The van der Waals surface area contributed by atoms with Crippen LogP contribution in [-0.4, -0.2) is 30.5 Å². The normalized spacial score (nSPS) is 16.2. The Bertz CT molecular complexity index is 775. The largest absolute Gasteiger partial charge is 0.497 e. The number of hydrazone groups is 1. The molecule has 1 aliphatic rings. The fourth-order valence-corrected chi connectivity index (χ4v) is 2.59. The third-order valence-corrected chi connectivity index (χ3v) is 4.12. The van der Waals surface area contributed by atoms with E-state index < -0.39 is 6.23 Å². The molecule has 2 aromatic carbocycles. The van der Waals surface area contributed by atoms with E-state index in [-0.39, 0.29) is 12.5 Å². The lowest BCUT2D eigenvalue weighted by Crippen LogP contribution is -2.25. The third kappa shape index (κ3) is 4.11. The zero-order chi connectivity index (χ0) is 17.8. The van der Waals surface area contributed by atoms with Gasteiger partial charge in [0, 0.05) is 17.0 Å². The summed E-state index contributed by atoms with van der Waals surface area (Å²) in [5, 5.41) is 5.54. The second-order valence-corrected chi connectivity index (χ2v) is 6.26. The van der Waals surface area contributed by atoms with E-state index in [0.29, 0.717) is 11.6 Å². The van der Waals surface area contributed by atoms with Gasteiger partial charge in [0.05, 0.1) is 7.11 Å². The fourth-order valence-electron chi connectivity index (χ4n) is 2.33. The molecular formula is C18H17BrN2O4. The lowest BCUT2D eigenvalue weighted by Gasteiger charge is -2.19. The highest BCUT2D eigenvalue weighted by molar-refractivity contribution is 9.10. The SMILES string of the molecule is COc1ccc([C@@H]2OC(COc3ccc(Br)cc3)=NN2C(C)=O)cc1. The fraction of sp³-hybridized carbons (Fsp3) is 0.222. The second-order valence-electron chi connectivity index (χ2n) is 5.34. The number of rotatable bonds is 5. The molecule has 3 rings (SSSR count). The molecule has 0 aliphatic carbocycles. The average Bonchev–Trinajstić information content (AvgIpc) is 3.06. The summed E-state index contributed by atoms with van der Waals surface area (Å²) in [7, 11) is 1.60. The predicted molar refractivity (Wildman–Crippen MR) is 96.4 cm³/mol. The van der Waals surface area contributed by atoms with Crippen LogP contribution < -0.4 is 9.47 Å². The monoisotopic (exact) mass is 404 g/mol. The molecule has 0 spiro atoms. The van der Waals surface area contributed by atoms with Crippen LogP contribution in [0.2, 0.25) is 0 Å². The van der Waals surface area contributed by atoms with Crippen LogP contribution in [0.15, 0.2) is 58.1 Å². The molecule has 1 aliphatic heterocycles. The van der Waals surface area contributed by atoms with Gasteiger partial charge >= 0.3 is 0 Å². The molecule has 7 heteroatoms. The summed E-state index contributed by atoms with van der Waals surface area (Å²) < 4.78 is 17.6. The molecule has 0 saturated carbocycles. The van der Waals surface area contributed by atoms with E-state index in [1.54, 1.807) is 7.11 Å². The van der Waals surface area contributed by atoms with Gasteiger partial charge < -0.3 is 14.2 Å². The number of nitrogens with zero attached hydrogens (tertiary/aromatic N) is 2. The smallest absolute Gasteiger partial charge is 0.247 e. The molecule has 0 bridgehead atoms. The number of benzene rings is 2. The first kappa shape index (κ1) is 17.3. The summed E-state index contributed by atoms with van der Waals surface area (Å²) in [6.45, 7) is 1.58. The minimum absolute atomic E-state index is 0.137. The van der Waals surface area contributed by atoms with Crippen LogP contribution >= 0.6 is 15.9 Å². The predicted octanol–water partition coefficient (Wildman–Crippen LogP) is 3.73. The third-order valence-electron chi connectivity index (χ3n) is 3.59. The van der Waals surface area contributed by atoms with Gasteiger partial charge in [-0.3, -0.25) is 4.79 Å². The van der Waals surface area contributed by atoms with Crippen molar-refractivity contribution in [1.82, 2.24) is 5.01 Å². The van der Waals surface area contributed by atoms with Crippen LogP contribution in [0.5, 0.6) is 11.5 Å². The number of hydrogen-bond acceptors (Lipinski definition) is 5. The summed E-state index contributed by atoms with van der Waals surface area (Å²) >= 11 is 3.37. The van der Waals surface area contributed by atoms with Gasteiger partial charge in [-0.25, -0.2) is 0 Å². The van der Waals surface area contributed by atoms with E-state index in [1.807, 2.05) is 48.5 Å². The van der Waals surface area contributed by atoms with E-state index in [2.05, 4.69) is 21.0 Å². The number of halogens is 1. The maximum atomic E-state index is 11.9. The lowest BCUT2D eigenvalue weighted by atomic mass is 10.2. The Hall–Kier alpha value is -2.54. The zero-order valence-electron chi connectivity index (χ0n) is 13.8. The highest BCUT2D eigenvalue weighted by atomic mass is 79.9. The number of methoxy groups -OCH3 is 1.